The molecule has 0 aliphatic rings. The van der Waals surface area contributed by atoms with Gasteiger partial charge in [0.05, 0.1) is 0 Å². The van der Waals surface area contributed by atoms with Crippen LogP contribution in [-0.2, 0) is 0 Å². The van der Waals surface area contributed by atoms with E-state index in [1.807, 2.05) is 0 Å². The number of aryl methyl sites for hydroxylation is 4. The minimum absolute atomic E-state index is 1.26. The lowest BCUT2D eigenvalue weighted by atomic mass is 9.84. The van der Waals surface area contributed by atoms with Crippen LogP contribution in [0.15, 0.2) is 121 Å². The molecule has 184 valence electrons. The fourth-order valence-corrected chi connectivity index (χ4v) is 5.76. The monoisotopic (exact) mass is 488 g/mol. The molecule has 0 aliphatic heterocycles. The maximum atomic E-state index is 2.41. The lowest BCUT2D eigenvalue weighted by Gasteiger charge is -2.19. The molecule has 0 fully saturated rings. The first-order chi connectivity index (χ1) is 18.5. The van der Waals surface area contributed by atoms with Crippen LogP contribution in [0.25, 0.3) is 55.3 Å². The van der Waals surface area contributed by atoms with Gasteiger partial charge in [0.25, 0.3) is 0 Å². The quantitative estimate of drug-likeness (QED) is 0.231. The molecule has 0 radical (unpaired) electrons. The summed E-state index contributed by atoms with van der Waals surface area (Å²) in [6, 6.07) is 44.6. The molecule has 38 heavy (non-hydrogen) atoms. The van der Waals surface area contributed by atoms with E-state index >= 15 is 0 Å². The van der Waals surface area contributed by atoms with Crippen molar-refractivity contribution in [2.45, 2.75) is 27.7 Å². The highest BCUT2D eigenvalue weighted by atomic mass is 14.2. The molecule has 0 aliphatic carbocycles. The Morgan fingerprint density at radius 2 is 0.579 bits per heavy atom. The number of benzene rings is 6. The highest BCUT2D eigenvalue weighted by Crippen LogP contribution is 2.43. The zero-order chi connectivity index (χ0) is 26.2. The fraction of sp³-hybridized carbons (Fsp3) is 0.105. The lowest BCUT2D eigenvalue weighted by Crippen LogP contribution is -1.94. The van der Waals surface area contributed by atoms with E-state index in [2.05, 4.69) is 149 Å². The first-order valence-corrected chi connectivity index (χ1v) is 13.4. The van der Waals surface area contributed by atoms with E-state index in [4.69, 9.17) is 0 Å². The van der Waals surface area contributed by atoms with E-state index in [-0.39, 0.29) is 0 Å². The van der Waals surface area contributed by atoms with Crippen LogP contribution in [0, 0.1) is 27.7 Å². The van der Waals surface area contributed by atoms with Gasteiger partial charge in [-0.3, -0.25) is 0 Å². The minimum atomic E-state index is 1.26. The molecule has 0 atom stereocenters. The van der Waals surface area contributed by atoms with E-state index in [0.29, 0.717) is 0 Å². The van der Waals surface area contributed by atoms with Gasteiger partial charge in [0.1, 0.15) is 0 Å². The first kappa shape index (κ1) is 23.9. The Morgan fingerprint density at radius 1 is 0.289 bits per heavy atom. The number of hydrogen-bond acceptors (Lipinski definition) is 0. The van der Waals surface area contributed by atoms with Crippen LogP contribution in [0.3, 0.4) is 0 Å². The summed E-state index contributed by atoms with van der Waals surface area (Å²) in [5.74, 6) is 0. The van der Waals surface area contributed by atoms with Crippen LogP contribution in [0.4, 0.5) is 0 Å². The average molecular weight is 489 g/mol. The zero-order valence-corrected chi connectivity index (χ0v) is 22.5. The third-order valence-electron chi connectivity index (χ3n) is 7.85. The molecular formula is C38H32. The van der Waals surface area contributed by atoms with Gasteiger partial charge in [-0.2, -0.15) is 0 Å². The summed E-state index contributed by atoms with van der Waals surface area (Å²) in [6.45, 7) is 8.84. The molecule has 0 spiro atoms. The lowest BCUT2D eigenvalue weighted by molar-refractivity contribution is 1.44. The van der Waals surface area contributed by atoms with E-state index in [0.717, 1.165) is 0 Å². The maximum absolute atomic E-state index is 2.41. The molecule has 0 heterocycles. The second kappa shape index (κ2) is 9.80. The van der Waals surface area contributed by atoms with Gasteiger partial charge in [-0.25, -0.2) is 0 Å². The van der Waals surface area contributed by atoms with Crippen LogP contribution in [0.2, 0.25) is 0 Å². The molecular weight excluding hydrogens is 456 g/mol. The van der Waals surface area contributed by atoms with Crippen LogP contribution in [0.5, 0.6) is 0 Å². The zero-order valence-electron chi connectivity index (χ0n) is 22.5. The summed E-state index contributed by atoms with van der Waals surface area (Å²) in [6.07, 6.45) is 0. The van der Waals surface area contributed by atoms with E-state index in [1.165, 1.54) is 77.5 Å². The highest BCUT2D eigenvalue weighted by molar-refractivity contribution is 6.09. The van der Waals surface area contributed by atoms with Gasteiger partial charge in [0.15, 0.2) is 0 Å². The summed E-state index contributed by atoms with van der Waals surface area (Å²) in [7, 11) is 0. The third kappa shape index (κ3) is 4.23. The molecule has 0 nitrogen and oxygen atoms in total. The van der Waals surface area contributed by atoms with Gasteiger partial charge >= 0.3 is 0 Å². The molecule has 0 saturated carbocycles. The molecule has 6 aromatic carbocycles. The van der Waals surface area contributed by atoms with Gasteiger partial charge < -0.3 is 0 Å². The average Bonchev–Trinajstić information content (AvgIpc) is 2.93. The van der Waals surface area contributed by atoms with Crippen molar-refractivity contribution in [1.82, 2.24) is 0 Å². The number of rotatable bonds is 4. The van der Waals surface area contributed by atoms with Crippen LogP contribution in [-0.4, -0.2) is 0 Å². The molecule has 0 heteroatoms. The Morgan fingerprint density at radius 3 is 0.895 bits per heavy atom. The SMILES string of the molecule is Cc1ccccc1-c1cc(-c2ccccc2C)c2cc(-c3ccccc3C)cc(-c3ccccc3C)c2c1. The molecule has 0 aromatic heterocycles. The summed E-state index contributed by atoms with van der Waals surface area (Å²) in [4.78, 5) is 0. The van der Waals surface area contributed by atoms with Crippen molar-refractivity contribution in [2.24, 2.45) is 0 Å². The second-order valence-electron chi connectivity index (χ2n) is 10.4. The van der Waals surface area contributed by atoms with Crippen molar-refractivity contribution in [1.29, 1.82) is 0 Å². The largest absolute Gasteiger partial charge is 0.0620 e. The molecule has 0 unspecified atom stereocenters. The predicted molar refractivity (Wildman–Crippen MR) is 165 cm³/mol. The molecule has 6 aromatic rings. The maximum Gasteiger partial charge on any atom is -0.00925 e. The van der Waals surface area contributed by atoms with E-state index in [1.54, 1.807) is 0 Å². The molecule has 6 rings (SSSR count). The van der Waals surface area contributed by atoms with Gasteiger partial charge in [0.2, 0.25) is 0 Å². The highest BCUT2D eigenvalue weighted by Gasteiger charge is 2.17. The van der Waals surface area contributed by atoms with Crippen LogP contribution in [0.1, 0.15) is 22.3 Å². The van der Waals surface area contributed by atoms with E-state index in [9.17, 15) is 0 Å². The van der Waals surface area contributed by atoms with Gasteiger partial charge in [0, 0.05) is 0 Å². The molecule has 0 saturated heterocycles. The Hall–Kier alpha value is -4.42. The summed E-state index contributed by atoms with van der Waals surface area (Å²) < 4.78 is 0. The van der Waals surface area contributed by atoms with Crippen LogP contribution >= 0.6 is 0 Å². The smallest absolute Gasteiger partial charge is 0.00925 e. The fourth-order valence-electron chi connectivity index (χ4n) is 5.76. The number of fused-ring (bicyclic) bond motifs is 1. The normalized spacial score (nSPS) is 11.2. The van der Waals surface area contributed by atoms with Gasteiger partial charge in [-0.05, 0) is 129 Å². The molecule has 0 N–H and O–H groups in total. The number of hydrogen-bond donors (Lipinski definition) is 0. The Balaban J connectivity index is 1.79. The van der Waals surface area contributed by atoms with Crippen molar-refractivity contribution in [3.8, 4) is 44.5 Å². The van der Waals surface area contributed by atoms with Gasteiger partial charge in [-0.1, -0.05) is 97.1 Å². The standard InChI is InChI=1S/C38H32/c1-25-13-5-9-17-31(25)29-21-35(33-19-11-7-15-27(33)3)38-24-30(32-18-10-6-14-26(32)2)22-36(37(38)23-29)34-20-12-8-16-28(34)4/h5-24H,1-4H3. The van der Waals surface area contributed by atoms with Gasteiger partial charge in [-0.15, -0.1) is 0 Å². The minimum Gasteiger partial charge on any atom is -0.0620 e. The first-order valence-electron chi connectivity index (χ1n) is 13.4. The Kier molecular flexibility index (Phi) is 6.18. The predicted octanol–water partition coefficient (Wildman–Crippen LogP) is 10.7. The van der Waals surface area contributed by atoms with Crippen molar-refractivity contribution in [3.05, 3.63) is 144 Å². The summed E-state index contributed by atoms with van der Waals surface area (Å²) in [5, 5.41) is 2.58. The van der Waals surface area contributed by atoms with E-state index < -0.39 is 0 Å². The van der Waals surface area contributed by atoms with Crippen LogP contribution < -0.4 is 0 Å². The molecule has 0 bridgehead atoms. The Labute approximate surface area is 226 Å². The summed E-state index contributed by atoms with van der Waals surface area (Å²) in [5.41, 5.74) is 15.4. The topological polar surface area (TPSA) is 0 Å². The van der Waals surface area contributed by atoms with Crippen molar-refractivity contribution < 1.29 is 0 Å². The van der Waals surface area contributed by atoms with Crippen molar-refractivity contribution in [2.75, 3.05) is 0 Å². The second-order valence-corrected chi connectivity index (χ2v) is 10.4. The third-order valence-corrected chi connectivity index (χ3v) is 7.85. The summed E-state index contributed by atoms with van der Waals surface area (Å²) >= 11 is 0. The Bertz CT molecular complexity index is 1670. The van der Waals surface area contributed by atoms with Crippen molar-refractivity contribution >= 4 is 10.8 Å². The molecule has 0 amide bonds. The van der Waals surface area contributed by atoms with Crippen molar-refractivity contribution in [3.63, 3.8) is 0 Å².